The van der Waals surface area contributed by atoms with Gasteiger partial charge in [-0.05, 0) is 48.4 Å². The van der Waals surface area contributed by atoms with Crippen LogP contribution >= 0.6 is 0 Å². The van der Waals surface area contributed by atoms with E-state index in [1.165, 1.54) is 10.9 Å². The van der Waals surface area contributed by atoms with Crippen molar-refractivity contribution in [1.29, 1.82) is 0 Å². The zero-order valence-corrected chi connectivity index (χ0v) is 18.4. The standard InChI is InChI=1S/C20H27N9O3/c1-4-10-28(11-5-2)13-15-17(23-27-29(15)19-18(21)25-32-26-19)20(30)24-22-12-14-8-6-7-9-16(14)31-3/h6-9,12H,4-5,10-11,13H2,1-3H3,(H2,21,25)(H,24,30). The van der Waals surface area contributed by atoms with Gasteiger partial charge in [0.2, 0.25) is 11.6 Å². The highest BCUT2D eigenvalue weighted by molar-refractivity contribution is 5.94. The third-order valence-electron chi connectivity index (χ3n) is 4.64. The van der Waals surface area contributed by atoms with Gasteiger partial charge in [0.1, 0.15) is 5.75 Å². The summed E-state index contributed by atoms with van der Waals surface area (Å²) in [6, 6.07) is 7.33. The Balaban J connectivity index is 1.87. The largest absolute Gasteiger partial charge is 0.496 e. The number of nitrogens with two attached hydrogens (primary N) is 1. The van der Waals surface area contributed by atoms with E-state index >= 15 is 0 Å². The van der Waals surface area contributed by atoms with Crippen LogP contribution in [-0.4, -0.2) is 62.5 Å². The predicted molar refractivity (Wildman–Crippen MR) is 118 cm³/mol. The molecule has 1 amide bonds. The number of benzene rings is 1. The number of ether oxygens (including phenoxy) is 1. The van der Waals surface area contributed by atoms with Crippen molar-refractivity contribution in [3.63, 3.8) is 0 Å². The first kappa shape index (κ1) is 22.9. The lowest BCUT2D eigenvalue weighted by Crippen LogP contribution is -2.28. The molecule has 32 heavy (non-hydrogen) atoms. The second kappa shape index (κ2) is 11.0. The molecule has 2 heterocycles. The van der Waals surface area contributed by atoms with Gasteiger partial charge in [0.25, 0.3) is 5.91 Å². The number of amides is 1. The van der Waals surface area contributed by atoms with Gasteiger partial charge in [-0.1, -0.05) is 31.2 Å². The Morgan fingerprint density at radius 1 is 1.28 bits per heavy atom. The normalized spacial score (nSPS) is 11.4. The van der Waals surface area contributed by atoms with Crippen molar-refractivity contribution in [1.82, 2.24) is 35.6 Å². The van der Waals surface area contributed by atoms with E-state index in [1.807, 2.05) is 18.2 Å². The zero-order chi connectivity index (χ0) is 22.9. The summed E-state index contributed by atoms with van der Waals surface area (Å²) in [5, 5.41) is 19.6. The van der Waals surface area contributed by atoms with E-state index in [2.05, 4.69) is 49.9 Å². The van der Waals surface area contributed by atoms with Crippen molar-refractivity contribution >= 4 is 17.9 Å². The first-order valence-electron chi connectivity index (χ1n) is 10.3. The first-order chi connectivity index (χ1) is 15.6. The molecule has 0 fully saturated rings. The fourth-order valence-corrected chi connectivity index (χ4v) is 3.23. The molecule has 0 saturated carbocycles. The molecule has 0 aliphatic heterocycles. The maximum atomic E-state index is 12.9. The molecule has 0 saturated heterocycles. The van der Waals surface area contributed by atoms with Crippen molar-refractivity contribution in [3.8, 4) is 11.6 Å². The SMILES string of the molecule is CCCN(CCC)Cc1c(C(=O)NN=Cc2ccccc2OC)nnn1-c1nonc1N. The van der Waals surface area contributed by atoms with Gasteiger partial charge in [0, 0.05) is 12.1 Å². The Morgan fingerprint density at radius 2 is 2.03 bits per heavy atom. The second-order valence-electron chi connectivity index (χ2n) is 6.99. The van der Waals surface area contributed by atoms with Crippen LogP contribution < -0.4 is 15.9 Å². The number of nitrogen functional groups attached to an aromatic ring is 1. The number of hydrazone groups is 1. The number of carbonyl (C=O) groups is 1. The first-order valence-corrected chi connectivity index (χ1v) is 10.3. The number of methoxy groups -OCH3 is 1. The van der Waals surface area contributed by atoms with Gasteiger partial charge in [-0.2, -0.15) is 9.78 Å². The molecule has 0 bridgehead atoms. The number of aromatic nitrogens is 5. The molecule has 170 valence electrons. The van der Waals surface area contributed by atoms with Crippen LogP contribution in [0.4, 0.5) is 5.82 Å². The molecule has 3 rings (SSSR count). The maximum absolute atomic E-state index is 12.9. The van der Waals surface area contributed by atoms with E-state index < -0.39 is 5.91 Å². The number of rotatable bonds is 11. The van der Waals surface area contributed by atoms with Crippen molar-refractivity contribution in [2.24, 2.45) is 5.10 Å². The minimum absolute atomic E-state index is 0.0508. The predicted octanol–water partition coefficient (Wildman–Crippen LogP) is 1.63. The third kappa shape index (κ3) is 5.27. The van der Waals surface area contributed by atoms with Crippen LogP contribution in [0.2, 0.25) is 0 Å². The van der Waals surface area contributed by atoms with Gasteiger partial charge in [-0.3, -0.25) is 9.69 Å². The molecule has 0 spiro atoms. The molecule has 12 heteroatoms. The highest BCUT2D eigenvalue weighted by Crippen LogP contribution is 2.18. The summed E-state index contributed by atoms with van der Waals surface area (Å²) in [4.78, 5) is 15.1. The number of para-hydroxylation sites is 1. The minimum atomic E-state index is -0.514. The van der Waals surface area contributed by atoms with E-state index in [-0.39, 0.29) is 17.3 Å². The number of nitrogens with one attached hydrogen (secondary N) is 1. The highest BCUT2D eigenvalue weighted by Gasteiger charge is 2.25. The van der Waals surface area contributed by atoms with E-state index in [0.29, 0.717) is 18.0 Å². The van der Waals surface area contributed by atoms with Crippen LogP contribution in [0.1, 0.15) is 48.4 Å². The fraction of sp³-hybridized carbons (Fsp3) is 0.400. The number of nitrogens with zero attached hydrogens (tertiary/aromatic N) is 7. The summed E-state index contributed by atoms with van der Waals surface area (Å²) < 4.78 is 11.4. The molecule has 3 N–H and O–H groups in total. The lowest BCUT2D eigenvalue weighted by molar-refractivity contribution is 0.0947. The van der Waals surface area contributed by atoms with Gasteiger partial charge < -0.3 is 10.5 Å². The van der Waals surface area contributed by atoms with Crippen molar-refractivity contribution in [2.75, 3.05) is 25.9 Å². The monoisotopic (exact) mass is 441 g/mol. The van der Waals surface area contributed by atoms with E-state index in [9.17, 15) is 4.79 Å². The molecule has 12 nitrogen and oxygen atoms in total. The molecule has 1 aromatic carbocycles. The summed E-state index contributed by atoms with van der Waals surface area (Å²) in [5.74, 6) is 0.355. The van der Waals surface area contributed by atoms with Gasteiger partial charge in [-0.15, -0.1) is 5.10 Å². The van der Waals surface area contributed by atoms with Crippen LogP contribution in [-0.2, 0) is 6.54 Å². The van der Waals surface area contributed by atoms with Gasteiger partial charge in [0.05, 0.1) is 19.0 Å². The summed E-state index contributed by atoms with van der Waals surface area (Å²) in [6.07, 6.45) is 3.42. The van der Waals surface area contributed by atoms with Gasteiger partial charge >= 0.3 is 0 Å². The average Bonchev–Trinajstić information content (AvgIpc) is 3.40. The van der Waals surface area contributed by atoms with Crippen LogP contribution in [0.15, 0.2) is 34.0 Å². The lowest BCUT2D eigenvalue weighted by atomic mass is 10.2. The van der Waals surface area contributed by atoms with Crippen molar-refractivity contribution in [3.05, 3.63) is 41.2 Å². The smallest absolute Gasteiger partial charge is 0.293 e. The Bertz CT molecular complexity index is 1050. The van der Waals surface area contributed by atoms with Crippen LogP contribution in [0.25, 0.3) is 5.82 Å². The molecule has 3 aromatic rings. The Labute approximate surface area is 185 Å². The fourth-order valence-electron chi connectivity index (χ4n) is 3.23. The Morgan fingerprint density at radius 3 is 2.69 bits per heavy atom. The quantitative estimate of drug-likeness (QED) is 0.334. The summed E-state index contributed by atoms with van der Waals surface area (Å²) >= 11 is 0. The molecule has 0 aliphatic carbocycles. The number of hydrogen-bond acceptors (Lipinski definition) is 10. The van der Waals surface area contributed by atoms with E-state index in [1.54, 1.807) is 13.2 Å². The minimum Gasteiger partial charge on any atom is -0.496 e. The summed E-state index contributed by atoms with van der Waals surface area (Å²) in [7, 11) is 1.57. The summed E-state index contributed by atoms with van der Waals surface area (Å²) in [6.45, 7) is 6.30. The molecular formula is C20H27N9O3. The van der Waals surface area contributed by atoms with E-state index in [4.69, 9.17) is 15.1 Å². The molecule has 2 aromatic heterocycles. The molecular weight excluding hydrogens is 414 g/mol. The highest BCUT2D eigenvalue weighted by atomic mass is 16.6. The lowest BCUT2D eigenvalue weighted by Gasteiger charge is -2.21. The van der Waals surface area contributed by atoms with Gasteiger partial charge in [-0.25, -0.2) is 10.1 Å². The molecule has 0 aliphatic rings. The van der Waals surface area contributed by atoms with E-state index in [0.717, 1.165) is 31.5 Å². The Kier molecular flexibility index (Phi) is 7.86. The second-order valence-corrected chi connectivity index (χ2v) is 6.99. The molecule has 0 radical (unpaired) electrons. The molecule has 0 unspecified atom stereocenters. The van der Waals surface area contributed by atoms with Crippen LogP contribution in [0, 0.1) is 0 Å². The third-order valence-corrected chi connectivity index (χ3v) is 4.64. The number of carbonyl (C=O) groups excluding carboxylic acids is 1. The average molecular weight is 441 g/mol. The van der Waals surface area contributed by atoms with Crippen LogP contribution in [0.3, 0.4) is 0 Å². The van der Waals surface area contributed by atoms with Crippen molar-refractivity contribution in [2.45, 2.75) is 33.2 Å². The summed E-state index contributed by atoms with van der Waals surface area (Å²) in [5.41, 5.74) is 9.69. The van der Waals surface area contributed by atoms with Gasteiger partial charge in [0.15, 0.2) is 5.69 Å². The number of anilines is 1. The number of hydrogen-bond donors (Lipinski definition) is 2. The Hall–Kier alpha value is -3.80. The van der Waals surface area contributed by atoms with Crippen LogP contribution in [0.5, 0.6) is 5.75 Å². The van der Waals surface area contributed by atoms with Crippen molar-refractivity contribution < 1.29 is 14.2 Å². The molecule has 0 atom stereocenters. The zero-order valence-electron chi connectivity index (χ0n) is 18.4. The maximum Gasteiger partial charge on any atom is 0.293 e. The topological polar surface area (TPSA) is 150 Å².